The summed E-state index contributed by atoms with van der Waals surface area (Å²) < 4.78 is 1.58. The highest BCUT2D eigenvalue weighted by Crippen LogP contribution is 2.23. The van der Waals surface area contributed by atoms with Crippen molar-refractivity contribution in [3.05, 3.63) is 33.7 Å². The maximum atomic E-state index is 12.7. The van der Waals surface area contributed by atoms with E-state index in [1.807, 2.05) is 12.3 Å². The van der Waals surface area contributed by atoms with E-state index < -0.39 is 0 Å². The number of fused-ring (bicyclic) bond motifs is 1. The highest BCUT2D eigenvalue weighted by atomic mass is 32.1. The Morgan fingerprint density at radius 3 is 2.69 bits per heavy atom. The van der Waals surface area contributed by atoms with Crippen molar-refractivity contribution in [1.82, 2.24) is 24.5 Å². The fraction of sp³-hybridized carbons (Fsp3) is 0.667. The van der Waals surface area contributed by atoms with Gasteiger partial charge in [0.2, 0.25) is 5.91 Å². The molecule has 7 nitrogen and oxygen atoms in total. The summed E-state index contributed by atoms with van der Waals surface area (Å²) >= 11 is 1.48. The van der Waals surface area contributed by atoms with Crippen molar-refractivity contribution in [2.24, 2.45) is 5.92 Å². The van der Waals surface area contributed by atoms with Gasteiger partial charge >= 0.3 is 0 Å². The zero-order chi connectivity index (χ0) is 20.4. The van der Waals surface area contributed by atoms with E-state index in [9.17, 15) is 9.59 Å². The highest BCUT2D eigenvalue weighted by molar-refractivity contribution is 7.15. The predicted molar refractivity (Wildman–Crippen MR) is 115 cm³/mol. The minimum Gasteiger partial charge on any atom is -0.352 e. The average molecular weight is 418 g/mol. The van der Waals surface area contributed by atoms with Crippen LogP contribution in [0.4, 0.5) is 0 Å². The second kappa shape index (κ2) is 8.93. The van der Waals surface area contributed by atoms with Crippen molar-refractivity contribution in [2.75, 3.05) is 26.2 Å². The van der Waals surface area contributed by atoms with E-state index in [-0.39, 0.29) is 17.5 Å². The number of rotatable bonds is 5. The van der Waals surface area contributed by atoms with E-state index in [4.69, 9.17) is 0 Å². The number of carbonyl (C=O) groups excluding carboxylic acids is 1. The molecule has 8 heteroatoms. The molecular weight excluding hydrogens is 386 g/mol. The lowest BCUT2D eigenvalue weighted by Crippen LogP contribution is -2.55. The second-order valence-electron chi connectivity index (χ2n) is 8.59. The van der Waals surface area contributed by atoms with Crippen LogP contribution in [0.15, 0.2) is 22.4 Å². The largest absolute Gasteiger partial charge is 0.352 e. The van der Waals surface area contributed by atoms with Crippen LogP contribution in [0, 0.1) is 5.92 Å². The first-order valence-electron chi connectivity index (χ1n) is 10.7. The van der Waals surface area contributed by atoms with Gasteiger partial charge in [0.25, 0.3) is 5.56 Å². The molecular formula is C21H31N5O2S. The lowest BCUT2D eigenvalue weighted by molar-refractivity contribution is -0.127. The fourth-order valence-electron chi connectivity index (χ4n) is 4.40. The molecule has 2 fully saturated rings. The summed E-state index contributed by atoms with van der Waals surface area (Å²) in [6, 6.07) is 1.88. The Morgan fingerprint density at radius 2 is 1.97 bits per heavy atom. The molecule has 3 heterocycles. The van der Waals surface area contributed by atoms with Gasteiger partial charge in [-0.15, -0.1) is 11.3 Å². The quantitative estimate of drug-likeness (QED) is 0.805. The van der Waals surface area contributed by atoms with Crippen molar-refractivity contribution < 1.29 is 4.79 Å². The van der Waals surface area contributed by atoms with Gasteiger partial charge in [-0.25, -0.2) is 4.98 Å². The van der Waals surface area contributed by atoms with Gasteiger partial charge < -0.3 is 5.32 Å². The molecule has 0 radical (unpaired) electrons. The van der Waals surface area contributed by atoms with E-state index in [1.54, 1.807) is 16.7 Å². The summed E-state index contributed by atoms with van der Waals surface area (Å²) in [7, 11) is 0. The van der Waals surface area contributed by atoms with Crippen LogP contribution in [-0.4, -0.2) is 63.4 Å². The van der Waals surface area contributed by atoms with E-state index in [1.165, 1.54) is 24.2 Å². The van der Waals surface area contributed by atoms with Gasteiger partial charge in [-0.2, -0.15) is 0 Å². The molecule has 0 bridgehead atoms. The predicted octanol–water partition coefficient (Wildman–Crippen LogP) is 1.96. The van der Waals surface area contributed by atoms with E-state index >= 15 is 0 Å². The first-order chi connectivity index (χ1) is 14.0. The molecule has 1 N–H and O–H groups in total. The number of hydrogen-bond acceptors (Lipinski definition) is 6. The number of thiazole rings is 1. The number of nitrogens with zero attached hydrogens (tertiary/aromatic N) is 4. The molecule has 1 aliphatic carbocycles. The van der Waals surface area contributed by atoms with Gasteiger partial charge in [0.1, 0.15) is 0 Å². The fourth-order valence-corrected chi connectivity index (χ4v) is 5.14. The lowest BCUT2D eigenvalue weighted by atomic mass is 9.87. The van der Waals surface area contributed by atoms with Crippen LogP contribution in [0.25, 0.3) is 4.96 Å². The third kappa shape index (κ3) is 4.87. The second-order valence-corrected chi connectivity index (χ2v) is 9.47. The zero-order valence-electron chi connectivity index (χ0n) is 17.3. The van der Waals surface area contributed by atoms with Crippen molar-refractivity contribution in [3.63, 3.8) is 0 Å². The van der Waals surface area contributed by atoms with Crippen molar-refractivity contribution in [1.29, 1.82) is 0 Å². The van der Waals surface area contributed by atoms with Crippen LogP contribution in [-0.2, 0) is 11.3 Å². The summed E-state index contributed by atoms with van der Waals surface area (Å²) in [5.74, 6) is 0.954. The van der Waals surface area contributed by atoms with Crippen molar-refractivity contribution in [3.8, 4) is 0 Å². The maximum absolute atomic E-state index is 12.7. The SMILES string of the molecule is CC1CCC(NC(=O)C(C)N2CCN(Cc3cc(=O)n4ccsc4n3)CC2)CC1. The summed E-state index contributed by atoms with van der Waals surface area (Å²) in [6.45, 7) is 8.47. The smallest absolute Gasteiger partial charge is 0.258 e. The Bertz CT molecular complexity index is 894. The molecule has 1 aliphatic heterocycles. The number of carbonyl (C=O) groups is 1. The first-order valence-corrected chi connectivity index (χ1v) is 11.6. The van der Waals surface area contributed by atoms with Crippen molar-refractivity contribution in [2.45, 2.75) is 58.2 Å². The summed E-state index contributed by atoms with van der Waals surface area (Å²) in [5.41, 5.74) is 0.801. The van der Waals surface area contributed by atoms with Crippen LogP contribution in [0.3, 0.4) is 0 Å². The van der Waals surface area contributed by atoms with Crippen molar-refractivity contribution >= 4 is 22.2 Å². The number of hydrogen-bond donors (Lipinski definition) is 1. The maximum Gasteiger partial charge on any atom is 0.258 e. The monoisotopic (exact) mass is 417 g/mol. The molecule has 2 aromatic rings. The zero-order valence-corrected chi connectivity index (χ0v) is 18.2. The molecule has 2 aliphatic rings. The minimum atomic E-state index is -0.0956. The Morgan fingerprint density at radius 1 is 1.24 bits per heavy atom. The first kappa shape index (κ1) is 20.5. The summed E-state index contributed by atoms with van der Waals surface area (Å²) in [5, 5.41) is 5.15. The Kier molecular flexibility index (Phi) is 6.32. The molecule has 2 aromatic heterocycles. The van der Waals surface area contributed by atoms with Gasteiger partial charge in [0, 0.05) is 56.4 Å². The topological polar surface area (TPSA) is 70.0 Å². The van der Waals surface area contributed by atoms with Crippen LogP contribution in [0.2, 0.25) is 0 Å². The molecule has 29 heavy (non-hydrogen) atoms. The summed E-state index contributed by atoms with van der Waals surface area (Å²) in [6.07, 6.45) is 6.40. The van der Waals surface area contributed by atoms with E-state index in [0.29, 0.717) is 12.6 Å². The van der Waals surface area contributed by atoms with Crippen LogP contribution in [0.1, 0.15) is 45.2 Å². The normalized spacial score (nSPS) is 25.2. The molecule has 1 unspecified atom stereocenters. The van der Waals surface area contributed by atoms with Gasteiger partial charge in [0.15, 0.2) is 4.96 Å². The van der Waals surface area contributed by atoms with Gasteiger partial charge in [-0.1, -0.05) is 6.92 Å². The van der Waals surface area contributed by atoms with Gasteiger partial charge in [-0.05, 0) is 38.5 Å². The van der Waals surface area contributed by atoms with Crippen LogP contribution < -0.4 is 10.9 Å². The van der Waals surface area contributed by atoms with Gasteiger partial charge in [-0.3, -0.25) is 23.8 Å². The standard InChI is InChI=1S/C21H31N5O2S/c1-15-3-5-17(6-4-15)22-20(28)16(2)25-9-7-24(8-10-25)14-18-13-19(27)26-11-12-29-21(26)23-18/h11-13,15-17H,3-10,14H2,1-2H3,(H,22,28). The Labute approximate surface area is 175 Å². The average Bonchev–Trinajstić information content (AvgIpc) is 3.19. The molecule has 0 spiro atoms. The number of nitrogens with one attached hydrogen (secondary N) is 1. The highest BCUT2D eigenvalue weighted by Gasteiger charge is 2.28. The molecule has 0 aromatic carbocycles. The van der Waals surface area contributed by atoms with Crippen LogP contribution in [0.5, 0.6) is 0 Å². The Hall–Kier alpha value is -1.77. The van der Waals surface area contributed by atoms with Gasteiger partial charge in [0.05, 0.1) is 11.7 Å². The minimum absolute atomic E-state index is 0.0210. The number of piperazine rings is 1. The Balaban J connectivity index is 1.27. The number of amides is 1. The molecule has 4 rings (SSSR count). The van der Waals surface area contributed by atoms with E-state index in [2.05, 4.69) is 27.0 Å². The molecule has 1 saturated carbocycles. The molecule has 158 valence electrons. The third-order valence-electron chi connectivity index (χ3n) is 6.44. The summed E-state index contributed by atoms with van der Waals surface area (Å²) in [4.78, 5) is 34.8. The molecule has 1 atom stereocenters. The molecule has 1 saturated heterocycles. The van der Waals surface area contributed by atoms with Crippen LogP contribution >= 0.6 is 11.3 Å². The third-order valence-corrected chi connectivity index (χ3v) is 7.19. The lowest BCUT2D eigenvalue weighted by Gasteiger charge is -2.38. The van der Waals surface area contributed by atoms with E-state index in [0.717, 1.165) is 55.6 Å². The number of aromatic nitrogens is 2. The molecule has 1 amide bonds.